The van der Waals surface area contributed by atoms with Gasteiger partial charge in [-0.05, 0) is 25.0 Å². The van der Waals surface area contributed by atoms with E-state index in [2.05, 4.69) is 17.0 Å². The molecule has 17 heavy (non-hydrogen) atoms. The largest absolute Gasteiger partial charge is 0.372 e. The first-order valence-corrected chi connectivity index (χ1v) is 6.69. The Balaban J connectivity index is 2.16. The number of hydrogen-bond acceptors (Lipinski definition) is 2. The van der Waals surface area contributed by atoms with Crippen molar-refractivity contribution in [2.45, 2.75) is 39.0 Å². The molecule has 1 aliphatic rings. The molecule has 92 valence electrons. The minimum atomic E-state index is 0.238. The maximum atomic E-state index is 11.7. The van der Waals surface area contributed by atoms with Gasteiger partial charge in [0.15, 0.2) is 5.78 Å². The van der Waals surface area contributed by atoms with Crippen molar-refractivity contribution in [2.24, 2.45) is 0 Å². The smallest absolute Gasteiger partial charge is 0.162 e. The summed E-state index contributed by atoms with van der Waals surface area (Å²) >= 11 is 0. The molecule has 2 rings (SSSR count). The quantitative estimate of drug-likeness (QED) is 0.740. The number of hydrogen-bond donors (Lipinski definition) is 0. The zero-order valence-corrected chi connectivity index (χ0v) is 10.6. The summed E-state index contributed by atoms with van der Waals surface area (Å²) in [6.45, 7) is 4.18. The van der Waals surface area contributed by atoms with Crippen LogP contribution in [0.1, 0.15) is 49.4 Å². The molecule has 0 aliphatic carbocycles. The molecule has 2 nitrogen and oxygen atoms in total. The Kier molecular flexibility index (Phi) is 4.18. The molecule has 0 radical (unpaired) electrons. The monoisotopic (exact) mass is 231 g/mol. The van der Waals surface area contributed by atoms with Crippen molar-refractivity contribution in [3.63, 3.8) is 0 Å². The first kappa shape index (κ1) is 12.2. The van der Waals surface area contributed by atoms with E-state index >= 15 is 0 Å². The molecule has 0 bridgehead atoms. The van der Waals surface area contributed by atoms with E-state index in [-0.39, 0.29) is 5.78 Å². The highest BCUT2D eigenvalue weighted by atomic mass is 16.1. The van der Waals surface area contributed by atoms with Crippen LogP contribution in [-0.4, -0.2) is 18.9 Å². The van der Waals surface area contributed by atoms with Gasteiger partial charge in [0.2, 0.25) is 0 Å². The number of carbonyl (C=O) groups excluding carboxylic acids is 1. The molecule has 0 unspecified atom stereocenters. The van der Waals surface area contributed by atoms with Gasteiger partial charge < -0.3 is 4.90 Å². The van der Waals surface area contributed by atoms with Crippen LogP contribution in [0.25, 0.3) is 0 Å². The second-order valence-corrected chi connectivity index (χ2v) is 4.73. The second-order valence-electron chi connectivity index (χ2n) is 4.73. The molecule has 0 N–H and O–H groups in total. The average Bonchev–Trinajstić information content (AvgIpc) is 2.67. The minimum Gasteiger partial charge on any atom is -0.372 e. The average molecular weight is 231 g/mol. The van der Waals surface area contributed by atoms with Gasteiger partial charge in [-0.3, -0.25) is 4.79 Å². The summed E-state index contributed by atoms with van der Waals surface area (Å²) in [5, 5.41) is 0. The lowest BCUT2D eigenvalue weighted by Crippen LogP contribution is -2.23. The fourth-order valence-corrected chi connectivity index (χ4v) is 2.41. The van der Waals surface area contributed by atoms with E-state index in [0.717, 1.165) is 18.7 Å². The summed E-state index contributed by atoms with van der Waals surface area (Å²) in [7, 11) is 0. The van der Waals surface area contributed by atoms with E-state index in [1.807, 2.05) is 19.1 Å². The molecule has 0 saturated carbocycles. The second kappa shape index (κ2) is 5.85. The Morgan fingerprint density at radius 3 is 2.53 bits per heavy atom. The van der Waals surface area contributed by atoms with E-state index in [9.17, 15) is 4.79 Å². The van der Waals surface area contributed by atoms with Gasteiger partial charge in [0, 0.05) is 30.8 Å². The molecule has 0 amide bonds. The van der Waals surface area contributed by atoms with Crippen molar-refractivity contribution in [1.29, 1.82) is 0 Å². The highest BCUT2D eigenvalue weighted by Crippen LogP contribution is 2.21. The molecule has 1 fully saturated rings. The lowest BCUT2D eigenvalue weighted by molar-refractivity contribution is 0.0988. The molecule has 1 heterocycles. The molecule has 2 heteroatoms. The summed E-state index contributed by atoms with van der Waals surface area (Å²) < 4.78 is 0. The number of anilines is 1. The molecule has 1 aromatic carbocycles. The summed E-state index contributed by atoms with van der Waals surface area (Å²) in [4.78, 5) is 14.1. The maximum Gasteiger partial charge on any atom is 0.162 e. The fourth-order valence-electron chi connectivity index (χ4n) is 2.41. The van der Waals surface area contributed by atoms with Gasteiger partial charge in [0.05, 0.1) is 0 Å². The number of ketones is 1. The van der Waals surface area contributed by atoms with Crippen molar-refractivity contribution >= 4 is 11.5 Å². The Hall–Kier alpha value is -1.31. The van der Waals surface area contributed by atoms with E-state index in [1.54, 1.807) is 0 Å². The highest BCUT2D eigenvalue weighted by molar-refractivity contribution is 5.96. The summed E-state index contributed by atoms with van der Waals surface area (Å²) in [5.74, 6) is 0.238. The van der Waals surface area contributed by atoms with Crippen molar-refractivity contribution in [2.75, 3.05) is 18.0 Å². The number of nitrogens with zero attached hydrogens (tertiary/aromatic N) is 1. The van der Waals surface area contributed by atoms with Gasteiger partial charge in [0.1, 0.15) is 0 Å². The third kappa shape index (κ3) is 3.09. The molecule has 0 aromatic heterocycles. The van der Waals surface area contributed by atoms with Crippen molar-refractivity contribution in [3.05, 3.63) is 29.8 Å². The van der Waals surface area contributed by atoms with E-state index in [0.29, 0.717) is 6.42 Å². The van der Waals surface area contributed by atoms with Crippen molar-refractivity contribution in [1.82, 2.24) is 0 Å². The fraction of sp³-hybridized carbons (Fsp3) is 0.533. The number of carbonyl (C=O) groups is 1. The third-order valence-corrected chi connectivity index (χ3v) is 3.46. The van der Waals surface area contributed by atoms with E-state index in [4.69, 9.17) is 0 Å². The van der Waals surface area contributed by atoms with Gasteiger partial charge in [-0.25, -0.2) is 0 Å². The van der Waals surface area contributed by atoms with E-state index < -0.39 is 0 Å². The number of rotatable bonds is 3. The highest BCUT2D eigenvalue weighted by Gasteiger charge is 2.11. The summed E-state index contributed by atoms with van der Waals surface area (Å²) in [5.41, 5.74) is 2.07. The molecule has 0 atom stereocenters. The lowest BCUT2D eigenvalue weighted by atomic mass is 10.1. The Morgan fingerprint density at radius 2 is 1.88 bits per heavy atom. The Morgan fingerprint density at radius 1 is 1.18 bits per heavy atom. The predicted octanol–water partition coefficient (Wildman–Crippen LogP) is 3.66. The summed E-state index contributed by atoms with van der Waals surface area (Å²) in [6.07, 6.45) is 5.80. The Bertz CT molecular complexity index is 378. The minimum absolute atomic E-state index is 0.238. The SMILES string of the molecule is CCC(=O)c1cccc(N2CCCCCC2)c1. The normalized spacial score (nSPS) is 16.6. The molecular weight excluding hydrogens is 210 g/mol. The Labute approximate surface area is 104 Å². The lowest BCUT2D eigenvalue weighted by Gasteiger charge is -2.23. The third-order valence-electron chi connectivity index (χ3n) is 3.46. The van der Waals surface area contributed by atoms with Gasteiger partial charge in [-0.2, -0.15) is 0 Å². The molecule has 1 aliphatic heterocycles. The molecule has 0 spiro atoms. The molecule has 1 aromatic rings. The number of Topliss-reactive ketones (excluding diaryl/α,β-unsaturated/α-hetero) is 1. The van der Waals surface area contributed by atoms with Crippen molar-refractivity contribution in [3.8, 4) is 0 Å². The van der Waals surface area contributed by atoms with Gasteiger partial charge in [-0.1, -0.05) is 31.9 Å². The zero-order chi connectivity index (χ0) is 12.1. The van der Waals surface area contributed by atoms with Crippen LogP contribution < -0.4 is 4.90 Å². The van der Waals surface area contributed by atoms with Gasteiger partial charge in [-0.15, -0.1) is 0 Å². The van der Waals surface area contributed by atoms with Crippen LogP contribution in [0.5, 0.6) is 0 Å². The maximum absolute atomic E-state index is 11.7. The molecule has 1 saturated heterocycles. The van der Waals surface area contributed by atoms with Crippen LogP contribution in [0, 0.1) is 0 Å². The first-order valence-electron chi connectivity index (χ1n) is 6.69. The van der Waals surface area contributed by atoms with Crippen LogP contribution in [-0.2, 0) is 0 Å². The predicted molar refractivity (Wildman–Crippen MR) is 71.7 cm³/mol. The van der Waals surface area contributed by atoms with Crippen molar-refractivity contribution < 1.29 is 4.79 Å². The topological polar surface area (TPSA) is 20.3 Å². The summed E-state index contributed by atoms with van der Waals surface area (Å²) in [6, 6.07) is 8.10. The number of benzene rings is 1. The van der Waals surface area contributed by atoms with Gasteiger partial charge in [0.25, 0.3) is 0 Å². The van der Waals surface area contributed by atoms with E-state index in [1.165, 1.54) is 31.4 Å². The molecular formula is C15H21NO. The van der Waals surface area contributed by atoms with Crippen LogP contribution in [0.4, 0.5) is 5.69 Å². The van der Waals surface area contributed by atoms with Crippen LogP contribution in [0.3, 0.4) is 0 Å². The van der Waals surface area contributed by atoms with Crippen LogP contribution >= 0.6 is 0 Å². The van der Waals surface area contributed by atoms with Crippen LogP contribution in [0.15, 0.2) is 24.3 Å². The van der Waals surface area contributed by atoms with Crippen LogP contribution in [0.2, 0.25) is 0 Å². The first-order chi connectivity index (χ1) is 8.31. The zero-order valence-electron chi connectivity index (χ0n) is 10.6. The standard InChI is InChI=1S/C15H21NO/c1-2-15(17)13-8-7-9-14(12-13)16-10-5-3-4-6-11-16/h7-9,12H,2-6,10-11H2,1H3. The van der Waals surface area contributed by atoms with Gasteiger partial charge >= 0.3 is 0 Å².